The van der Waals surface area contributed by atoms with Crippen molar-refractivity contribution in [2.24, 2.45) is 0 Å². The lowest BCUT2D eigenvalue weighted by Crippen LogP contribution is -2.11. The Balaban J connectivity index is -0.000000392. The number of halogens is 3. The minimum Gasteiger partial charge on any atom is -0.495 e. The van der Waals surface area contributed by atoms with Crippen molar-refractivity contribution in [1.82, 2.24) is 9.97 Å². The van der Waals surface area contributed by atoms with Gasteiger partial charge in [-0.15, -0.1) is 0 Å². The van der Waals surface area contributed by atoms with Crippen LogP contribution < -0.4 is 4.74 Å². The topological polar surface area (TPSA) is 35.0 Å². The number of alkyl halides is 3. The number of nitrogens with zero attached hydrogens (tertiary/aromatic N) is 2. The third kappa shape index (κ3) is 13.2. The lowest BCUT2D eigenvalue weighted by molar-refractivity contribution is -0.138. The van der Waals surface area contributed by atoms with Crippen molar-refractivity contribution in [1.29, 1.82) is 0 Å². The minimum absolute atomic E-state index is 0.106. The van der Waals surface area contributed by atoms with Crippen LogP contribution >= 0.6 is 0 Å². The molecule has 0 saturated carbocycles. The molecule has 2 rings (SSSR count). The van der Waals surface area contributed by atoms with Gasteiger partial charge < -0.3 is 4.74 Å². The fourth-order valence-corrected chi connectivity index (χ4v) is 1.97. The summed E-state index contributed by atoms with van der Waals surface area (Å²) >= 11 is 0. The third-order valence-corrected chi connectivity index (χ3v) is 3.28. The van der Waals surface area contributed by atoms with Gasteiger partial charge in [0.15, 0.2) is 0 Å². The molecule has 6 heteroatoms. The molecule has 0 aliphatic rings. The summed E-state index contributed by atoms with van der Waals surface area (Å²) in [7, 11) is 1.64. The fraction of sp³-hybridized carbons (Fsp3) is 0.583. The van der Waals surface area contributed by atoms with Gasteiger partial charge in [-0.1, -0.05) is 69.2 Å². The number of methoxy groups -OCH3 is 1. The lowest BCUT2D eigenvalue weighted by atomic mass is 10.0. The molecule has 3 nitrogen and oxygen atoms in total. The van der Waals surface area contributed by atoms with E-state index in [2.05, 4.69) is 23.8 Å². The van der Waals surface area contributed by atoms with Crippen molar-refractivity contribution in [3.05, 3.63) is 53.6 Å². The van der Waals surface area contributed by atoms with E-state index in [1.54, 1.807) is 27.2 Å². The summed E-state index contributed by atoms with van der Waals surface area (Å²) in [6.07, 6.45) is -1.17. The predicted octanol–water partition coefficient (Wildman–Crippen LogP) is 8.52. The Kier molecular flexibility index (Phi) is 20.5. The summed E-state index contributed by atoms with van der Waals surface area (Å²) in [5, 5.41) is 0. The molecule has 0 fully saturated rings. The van der Waals surface area contributed by atoms with Gasteiger partial charge in [-0.05, 0) is 36.1 Å². The molecule has 0 aliphatic heterocycles. The summed E-state index contributed by atoms with van der Waals surface area (Å²) in [5.41, 5.74) is 0.575. The van der Waals surface area contributed by atoms with E-state index in [0.29, 0.717) is 5.92 Å². The van der Waals surface area contributed by atoms with Gasteiger partial charge in [0.2, 0.25) is 0 Å². The van der Waals surface area contributed by atoms with Crippen molar-refractivity contribution in [3.8, 4) is 5.75 Å². The zero-order chi connectivity index (χ0) is 24.3. The molecule has 30 heavy (non-hydrogen) atoms. The SMILES string of the molecule is CC.CC.CC.CC(C)c1ncccc1C(F)(F)F.COc1ccc(C(C)C)nc1. The molecule has 0 N–H and O–H groups in total. The van der Waals surface area contributed by atoms with Crippen LogP contribution in [0.5, 0.6) is 5.75 Å². The van der Waals surface area contributed by atoms with Crippen LogP contribution in [0.2, 0.25) is 0 Å². The summed E-state index contributed by atoms with van der Waals surface area (Å²) in [5.74, 6) is 1.09. The molecule has 0 aromatic carbocycles. The summed E-state index contributed by atoms with van der Waals surface area (Å²) in [6, 6.07) is 6.28. The van der Waals surface area contributed by atoms with E-state index in [0.717, 1.165) is 17.5 Å². The molecule has 0 bridgehead atoms. The zero-order valence-corrected chi connectivity index (χ0v) is 20.6. The van der Waals surface area contributed by atoms with Crippen LogP contribution in [0.25, 0.3) is 0 Å². The Bertz CT molecular complexity index is 625. The number of hydrogen-bond donors (Lipinski definition) is 0. The first-order valence-electron chi connectivity index (χ1n) is 10.7. The van der Waals surface area contributed by atoms with Crippen LogP contribution in [-0.4, -0.2) is 17.1 Å². The summed E-state index contributed by atoms with van der Waals surface area (Å²) in [4.78, 5) is 7.95. The summed E-state index contributed by atoms with van der Waals surface area (Å²) < 4.78 is 42.1. The normalized spacial score (nSPS) is 9.60. The van der Waals surface area contributed by atoms with Gasteiger partial charge in [-0.2, -0.15) is 13.2 Å². The maximum Gasteiger partial charge on any atom is 0.418 e. The minimum atomic E-state index is -4.30. The van der Waals surface area contributed by atoms with Gasteiger partial charge in [-0.3, -0.25) is 9.97 Å². The van der Waals surface area contributed by atoms with E-state index in [1.165, 1.54) is 12.3 Å². The molecular weight excluding hydrogens is 389 g/mol. The lowest BCUT2D eigenvalue weighted by Gasteiger charge is -2.13. The number of aromatic nitrogens is 2. The highest BCUT2D eigenvalue weighted by Gasteiger charge is 2.34. The molecule has 0 unspecified atom stereocenters. The molecule has 2 heterocycles. The van der Waals surface area contributed by atoms with Gasteiger partial charge in [0.25, 0.3) is 0 Å². The molecule has 174 valence electrons. The van der Waals surface area contributed by atoms with E-state index in [9.17, 15) is 13.2 Å². The number of rotatable bonds is 3. The number of hydrogen-bond acceptors (Lipinski definition) is 3. The fourth-order valence-electron chi connectivity index (χ4n) is 1.97. The van der Waals surface area contributed by atoms with Gasteiger partial charge in [0.05, 0.1) is 24.6 Å². The molecule has 0 amide bonds. The van der Waals surface area contributed by atoms with E-state index >= 15 is 0 Å². The molecule has 0 spiro atoms. The van der Waals surface area contributed by atoms with E-state index < -0.39 is 11.7 Å². The highest BCUT2D eigenvalue weighted by molar-refractivity contribution is 5.25. The first-order valence-corrected chi connectivity index (χ1v) is 10.7. The highest BCUT2D eigenvalue weighted by atomic mass is 19.4. The predicted molar refractivity (Wildman–Crippen MR) is 122 cm³/mol. The summed E-state index contributed by atoms with van der Waals surface area (Å²) in [6.45, 7) is 19.6. The van der Waals surface area contributed by atoms with Crippen molar-refractivity contribution < 1.29 is 17.9 Å². The van der Waals surface area contributed by atoms with Crippen molar-refractivity contribution in [3.63, 3.8) is 0 Å². The molecule has 0 aliphatic carbocycles. The number of pyridine rings is 2. The van der Waals surface area contributed by atoms with Crippen molar-refractivity contribution in [2.75, 3.05) is 7.11 Å². The van der Waals surface area contributed by atoms with Crippen molar-refractivity contribution >= 4 is 0 Å². The smallest absolute Gasteiger partial charge is 0.418 e. The molecule has 0 saturated heterocycles. The van der Waals surface area contributed by atoms with E-state index in [4.69, 9.17) is 4.74 Å². The Morgan fingerprint density at radius 2 is 1.33 bits per heavy atom. The van der Waals surface area contributed by atoms with Crippen LogP contribution in [0.1, 0.15) is 98.0 Å². The van der Waals surface area contributed by atoms with Crippen LogP contribution in [0.3, 0.4) is 0 Å². The Hall–Kier alpha value is -2.11. The van der Waals surface area contributed by atoms with E-state index in [-0.39, 0.29) is 11.6 Å². The first kappa shape index (κ1) is 32.6. The molecule has 2 aromatic rings. The van der Waals surface area contributed by atoms with Gasteiger partial charge in [-0.25, -0.2) is 0 Å². The van der Waals surface area contributed by atoms with Crippen LogP contribution in [0, 0.1) is 0 Å². The quantitative estimate of drug-likeness (QED) is 0.489. The number of ether oxygens (including phenoxy) is 1. The Labute approximate surface area is 182 Å². The third-order valence-electron chi connectivity index (χ3n) is 3.28. The van der Waals surface area contributed by atoms with Gasteiger partial charge >= 0.3 is 6.18 Å². The van der Waals surface area contributed by atoms with Crippen LogP contribution in [0.15, 0.2) is 36.7 Å². The van der Waals surface area contributed by atoms with Crippen LogP contribution in [-0.2, 0) is 6.18 Å². The monoisotopic (exact) mass is 430 g/mol. The average molecular weight is 431 g/mol. The second kappa shape index (κ2) is 18.9. The molecular formula is C24H41F3N2O. The Morgan fingerprint density at radius 3 is 1.63 bits per heavy atom. The molecule has 0 radical (unpaired) electrons. The van der Waals surface area contributed by atoms with E-state index in [1.807, 2.05) is 53.7 Å². The second-order valence-electron chi connectivity index (χ2n) is 5.87. The largest absolute Gasteiger partial charge is 0.495 e. The first-order chi connectivity index (χ1) is 14.2. The average Bonchev–Trinajstić information content (AvgIpc) is 2.77. The molecule has 2 aromatic heterocycles. The van der Waals surface area contributed by atoms with Crippen molar-refractivity contribution in [2.45, 2.75) is 87.2 Å². The standard InChI is InChI=1S/C9H10F3N.C9H13NO.3C2H6/c1-6(2)8-7(9(10,11)12)4-3-5-13-8;1-7(2)9-5-4-8(11-3)6-10-9;3*1-2/h3-6H,1-2H3;4-7H,1-3H3;3*1-2H3. The van der Waals surface area contributed by atoms with Crippen LogP contribution in [0.4, 0.5) is 13.2 Å². The van der Waals surface area contributed by atoms with Gasteiger partial charge in [0, 0.05) is 11.9 Å². The second-order valence-corrected chi connectivity index (χ2v) is 5.87. The highest BCUT2D eigenvalue weighted by Crippen LogP contribution is 2.33. The maximum absolute atomic E-state index is 12.4. The zero-order valence-electron chi connectivity index (χ0n) is 20.6. The molecule has 0 atom stereocenters. The van der Waals surface area contributed by atoms with Gasteiger partial charge in [0.1, 0.15) is 5.75 Å². The maximum atomic E-state index is 12.4. The Morgan fingerprint density at radius 1 is 0.800 bits per heavy atom.